The third-order valence-electron chi connectivity index (χ3n) is 3.05. The predicted octanol–water partition coefficient (Wildman–Crippen LogP) is 4.14. The number of carbonyl (C=O) groups is 1. The largest absolute Gasteiger partial charge is 0.444 e. The van der Waals surface area contributed by atoms with E-state index in [1.165, 1.54) is 6.33 Å². The molecule has 3 aromatic rings. The summed E-state index contributed by atoms with van der Waals surface area (Å²) in [6, 6.07) is 15.1. The van der Waals surface area contributed by atoms with Crippen molar-refractivity contribution in [3.8, 4) is 0 Å². The first-order valence-electron chi connectivity index (χ1n) is 6.61. The van der Waals surface area contributed by atoms with Gasteiger partial charge >= 0.3 is 6.09 Å². The van der Waals surface area contributed by atoms with Crippen LogP contribution in [-0.4, -0.2) is 16.1 Å². The zero-order valence-corrected chi connectivity index (χ0v) is 13.1. The molecule has 3 rings (SSSR count). The number of ether oxygens (including phenoxy) is 1. The summed E-state index contributed by atoms with van der Waals surface area (Å²) < 4.78 is 6.03. The molecule has 1 aromatic heterocycles. The van der Waals surface area contributed by atoms with Crippen molar-refractivity contribution >= 4 is 38.7 Å². The Morgan fingerprint density at radius 1 is 1.09 bits per heavy atom. The zero-order valence-electron chi connectivity index (χ0n) is 11.5. The highest BCUT2D eigenvalue weighted by Crippen LogP contribution is 2.25. The van der Waals surface area contributed by atoms with E-state index in [9.17, 15) is 4.79 Å². The monoisotopic (exact) mass is 357 g/mol. The minimum atomic E-state index is -0.552. The van der Waals surface area contributed by atoms with Crippen molar-refractivity contribution < 1.29 is 9.53 Å². The molecule has 0 aliphatic rings. The number of aromatic nitrogens is 2. The summed E-state index contributed by atoms with van der Waals surface area (Å²) in [5.41, 5.74) is 1.66. The SMILES string of the molecule is O=C(Nc1ncnc2c(Br)cccc12)OCc1ccccc1. The van der Waals surface area contributed by atoms with Gasteiger partial charge in [-0.25, -0.2) is 14.8 Å². The second-order valence-corrected chi connectivity index (χ2v) is 5.40. The molecule has 22 heavy (non-hydrogen) atoms. The maximum absolute atomic E-state index is 11.9. The number of fused-ring (bicyclic) bond motifs is 1. The summed E-state index contributed by atoms with van der Waals surface area (Å²) in [5, 5.41) is 3.39. The molecule has 0 saturated carbocycles. The maximum Gasteiger partial charge on any atom is 0.413 e. The summed E-state index contributed by atoms with van der Waals surface area (Å²) in [7, 11) is 0. The molecule has 0 aliphatic carbocycles. The predicted molar refractivity (Wildman–Crippen MR) is 87.5 cm³/mol. The lowest BCUT2D eigenvalue weighted by atomic mass is 10.2. The number of hydrogen-bond acceptors (Lipinski definition) is 4. The van der Waals surface area contributed by atoms with Crippen LogP contribution in [0.15, 0.2) is 59.3 Å². The van der Waals surface area contributed by atoms with Gasteiger partial charge in [-0.05, 0) is 33.6 Å². The number of halogens is 1. The topological polar surface area (TPSA) is 64.1 Å². The fraction of sp³-hybridized carbons (Fsp3) is 0.0625. The average Bonchev–Trinajstić information content (AvgIpc) is 2.55. The van der Waals surface area contributed by atoms with Gasteiger partial charge in [0.15, 0.2) is 0 Å². The van der Waals surface area contributed by atoms with Crippen LogP contribution in [0.3, 0.4) is 0 Å². The molecule has 1 heterocycles. The van der Waals surface area contributed by atoms with Crippen molar-refractivity contribution in [1.82, 2.24) is 9.97 Å². The summed E-state index contributed by atoms with van der Waals surface area (Å²) in [6.07, 6.45) is 0.851. The molecule has 1 N–H and O–H groups in total. The van der Waals surface area contributed by atoms with E-state index in [1.54, 1.807) is 0 Å². The van der Waals surface area contributed by atoms with Gasteiger partial charge in [0, 0.05) is 9.86 Å². The van der Waals surface area contributed by atoms with E-state index >= 15 is 0 Å². The van der Waals surface area contributed by atoms with Crippen molar-refractivity contribution in [3.05, 3.63) is 64.9 Å². The summed E-state index contributed by atoms with van der Waals surface area (Å²) in [4.78, 5) is 20.2. The van der Waals surface area contributed by atoms with Crippen molar-refractivity contribution in [2.24, 2.45) is 0 Å². The molecule has 0 spiro atoms. The Morgan fingerprint density at radius 3 is 2.73 bits per heavy atom. The van der Waals surface area contributed by atoms with Crippen LogP contribution >= 0.6 is 15.9 Å². The highest BCUT2D eigenvalue weighted by Gasteiger charge is 2.10. The van der Waals surface area contributed by atoms with E-state index < -0.39 is 6.09 Å². The molecule has 0 bridgehead atoms. The first-order valence-corrected chi connectivity index (χ1v) is 7.40. The number of benzene rings is 2. The second kappa shape index (κ2) is 6.53. The normalized spacial score (nSPS) is 10.4. The fourth-order valence-corrected chi connectivity index (χ4v) is 2.48. The van der Waals surface area contributed by atoms with Crippen LogP contribution in [0.5, 0.6) is 0 Å². The molecule has 1 amide bonds. The fourth-order valence-electron chi connectivity index (χ4n) is 2.01. The summed E-state index contributed by atoms with van der Waals surface area (Å²) >= 11 is 3.42. The van der Waals surface area contributed by atoms with Crippen LogP contribution in [0.25, 0.3) is 10.9 Å². The molecule has 2 aromatic carbocycles. The first-order chi connectivity index (χ1) is 10.7. The van der Waals surface area contributed by atoms with E-state index in [4.69, 9.17) is 4.74 Å². The van der Waals surface area contributed by atoms with Gasteiger partial charge in [0.25, 0.3) is 0 Å². The standard InChI is InChI=1S/C16H12BrN3O2/c17-13-8-4-7-12-14(13)18-10-19-15(12)20-16(21)22-9-11-5-2-1-3-6-11/h1-8,10H,9H2,(H,18,19,20,21). The molecule has 0 saturated heterocycles. The van der Waals surface area contributed by atoms with Crippen LogP contribution in [0.1, 0.15) is 5.56 Å². The average molecular weight is 358 g/mol. The van der Waals surface area contributed by atoms with Crippen LogP contribution < -0.4 is 5.32 Å². The smallest absolute Gasteiger partial charge is 0.413 e. The molecule has 0 aliphatic heterocycles. The molecule has 0 radical (unpaired) electrons. The minimum Gasteiger partial charge on any atom is -0.444 e. The van der Waals surface area contributed by atoms with Gasteiger partial charge < -0.3 is 4.74 Å². The van der Waals surface area contributed by atoms with Gasteiger partial charge in [0.2, 0.25) is 0 Å². The maximum atomic E-state index is 11.9. The van der Waals surface area contributed by atoms with Crippen LogP contribution in [0.2, 0.25) is 0 Å². The zero-order chi connectivity index (χ0) is 15.4. The quantitative estimate of drug-likeness (QED) is 0.764. The van der Waals surface area contributed by atoms with Crippen molar-refractivity contribution in [2.75, 3.05) is 5.32 Å². The molecule has 110 valence electrons. The minimum absolute atomic E-state index is 0.208. The van der Waals surface area contributed by atoms with Crippen LogP contribution in [0, 0.1) is 0 Å². The second-order valence-electron chi connectivity index (χ2n) is 4.55. The third-order valence-corrected chi connectivity index (χ3v) is 3.69. The number of anilines is 1. The van der Waals surface area contributed by atoms with Gasteiger partial charge in [-0.2, -0.15) is 0 Å². The van der Waals surface area contributed by atoms with Gasteiger partial charge in [-0.1, -0.05) is 36.4 Å². The first kappa shape index (κ1) is 14.5. The Bertz CT molecular complexity index is 809. The molecule has 0 unspecified atom stereocenters. The number of nitrogens with zero attached hydrogens (tertiary/aromatic N) is 2. The van der Waals surface area contributed by atoms with Gasteiger partial charge in [-0.3, -0.25) is 5.32 Å². The Hall–Kier alpha value is -2.47. The number of carbonyl (C=O) groups excluding carboxylic acids is 1. The lowest BCUT2D eigenvalue weighted by Crippen LogP contribution is -2.14. The highest BCUT2D eigenvalue weighted by atomic mass is 79.9. The van der Waals surface area contributed by atoms with Crippen LogP contribution in [-0.2, 0) is 11.3 Å². The Labute approximate surface area is 135 Å². The van der Waals surface area contributed by atoms with Crippen molar-refractivity contribution in [2.45, 2.75) is 6.61 Å². The third kappa shape index (κ3) is 3.23. The van der Waals surface area contributed by atoms with E-state index in [1.807, 2.05) is 48.5 Å². The number of rotatable bonds is 3. The van der Waals surface area contributed by atoms with Gasteiger partial charge in [0.05, 0.1) is 5.52 Å². The Balaban J connectivity index is 1.73. The molecule has 6 heteroatoms. The summed E-state index contributed by atoms with van der Waals surface area (Å²) in [6.45, 7) is 0.208. The van der Waals surface area contributed by atoms with Crippen LogP contribution in [0.4, 0.5) is 10.6 Å². The molecular formula is C16H12BrN3O2. The Morgan fingerprint density at radius 2 is 1.91 bits per heavy atom. The van der Waals surface area contributed by atoms with Crippen molar-refractivity contribution in [3.63, 3.8) is 0 Å². The van der Waals surface area contributed by atoms with E-state index in [-0.39, 0.29) is 6.61 Å². The van der Waals surface area contributed by atoms with E-state index in [0.29, 0.717) is 5.82 Å². The lowest BCUT2D eigenvalue weighted by molar-refractivity contribution is 0.155. The molecule has 5 nitrogen and oxygen atoms in total. The van der Waals surface area contributed by atoms with Gasteiger partial charge in [0.1, 0.15) is 18.8 Å². The van der Waals surface area contributed by atoms with Crippen molar-refractivity contribution in [1.29, 1.82) is 0 Å². The summed E-state index contributed by atoms with van der Waals surface area (Å²) in [5.74, 6) is 0.421. The molecule has 0 fully saturated rings. The Kier molecular flexibility index (Phi) is 4.29. The lowest BCUT2D eigenvalue weighted by Gasteiger charge is -2.08. The molecule has 0 atom stereocenters. The highest BCUT2D eigenvalue weighted by molar-refractivity contribution is 9.10. The van der Waals surface area contributed by atoms with E-state index in [0.717, 1.165) is 20.9 Å². The molecular weight excluding hydrogens is 346 g/mol. The van der Waals surface area contributed by atoms with Gasteiger partial charge in [-0.15, -0.1) is 0 Å². The number of hydrogen-bond donors (Lipinski definition) is 1. The van der Waals surface area contributed by atoms with E-state index in [2.05, 4.69) is 31.2 Å². The number of amides is 1. The number of nitrogens with one attached hydrogen (secondary N) is 1. The number of para-hydroxylation sites is 1.